The lowest BCUT2D eigenvalue weighted by Crippen LogP contribution is -2.00. The van der Waals surface area contributed by atoms with Crippen LogP contribution in [0.1, 0.15) is 37.8 Å². The summed E-state index contributed by atoms with van der Waals surface area (Å²) in [4.78, 5) is 5.36. The summed E-state index contributed by atoms with van der Waals surface area (Å²) in [6.07, 6.45) is 7.93. The fraction of sp³-hybridized carbons (Fsp3) is 0.119. The van der Waals surface area contributed by atoms with E-state index in [1.54, 1.807) is 0 Å². The molecule has 3 heteroatoms. The molecule has 3 aromatic heterocycles. The lowest BCUT2D eigenvalue weighted by Gasteiger charge is -2.13. The molecule has 0 amide bonds. The first-order chi connectivity index (χ1) is 22.4. The molecule has 0 fully saturated rings. The van der Waals surface area contributed by atoms with Crippen molar-refractivity contribution in [3.05, 3.63) is 145 Å². The van der Waals surface area contributed by atoms with Crippen molar-refractivity contribution in [2.45, 2.75) is 33.1 Å². The van der Waals surface area contributed by atoms with E-state index >= 15 is 0 Å². The molecular formula is C42H35N3. The number of aromatic nitrogens is 3. The second-order valence-corrected chi connectivity index (χ2v) is 11.4. The second-order valence-electron chi connectivity index (χ2n) is 11.4. The number of hydrogen-bond acceptors (Lipinski definition) is 1. The fourth-order valence-corrected chi connectivity index (χ4v) is 7.19. The summed E-state index contributed by atoms with van der Waals surface area (Å²) in [7, 11) is 0. The van der Waals surface area contributed by atoms with Gasteiger partial charge in [-0.1, -0.05) is 111 Å². The van der Waals surface area contributed by atoms with E-state index in [0.29, 0.717) is 0 Å². The quantitative estimate of drug-likeness (QED) is 0.203. The average Bonchev–Trinajstić information content (AvgIpc) is 3.51. The number of nitrogens with zero attached hydrogens (tertiary/aromatic N) is 3. The molecule has 5 aromatic carbocycles. The summed E-state index contributed by atoms with van der Waals surface area (Å²) < 4.78 is 4.78. The van der Waals surface area contributed by atoms with Gasteiger partial charge in [0.2, 0.25) is 0 Å². The van der Waals surface area contributed by atoms with Crippen LogP contribution in [-0.2, 0) is 6.42 Å². The maximum absolute atomic E-state index is 5.36. The molecule has 9 rings (SSSR count). The number of para-hydroxylation sites is 3. The fourth-order valence-electron chi connectivity index (χ4n) is 7.19. The lowest BCUT2D eigenvalue weighted by molar-refractivity contribution is 0.852. The standard InChI is InChI=1S/C40H29N3.C2H6/c1-3-13-27-14-11-20-30(29(27)17-6-1)34-21-12-24-38(41-34)43-36-23-10-8-19-33(36)39-37(43)26-25-32-31-18-7-9-22-35(31)42(40(32)39)28-15-4-2-5-16-28;1-2/h2-5,7-16,18-26H,1,6,17H2;1-2H3. The van der Waals surface area contributed by atoms with Gasteiger partial charge >= 0.3 is 0 Å². The summed E-state index contributed by atoms with van der Waals surface area (Å²) in [6, 6.07) is 45.9. The smallest absolute Gasteiger partial charge is 0.138 e. The lowest BCUT2D eigenvalue weighted by atomic mass is 9.95. The first-order valence-electron chi connectivity index (χ1n) is 16.1. The van der Waals surface area contributed by atoms with E-state index in [0.717, 1.165) is 41.1 Å². The number of rotatable bonds is 3. The van der Waals surface area contributed by atoms with Gasteiger partial charge in [0.1, 0.15) is 5.82 Å². The van der Waals surface area contributed by atoms with E-state index in [9.17, 15) is 0 Å². The molecule has 0 saturated carbocycles. The van der Waals surface area contributed by atoms with Crippen LogP contribution in [0.5, 0.6) is 0 Å². The van der Waals surface area contributed by atoms with Crippen molar-refractivity contribution >= 4 is 49.7 Å². The molecule has 1 aliphatic carbocycles. The number of pyridine rings is 1. The average molecular weight is 582 g/mol. The summed E-state index contributed by atoms with van der Waals surface area (Å²) in [5.74, 6) is 0.937. The Hall–Kier alpha value is -5.41. The van der Waals surface area contributed by atoms with E-state index in [1.807, 2.05) is 13.8 Å². The largest absolute Gasteiger partial charge is 0.309 e. The second kappa shape index (κ2) is 11.3. The van der Waals surface area contributed by atoms with Crippen LogP contribution in [0, 0.1) is 0 Å². The monoisotopic (exact) mass is 581 g/mol. The highest BCUT2D eigenvalue weighted by Crippen LogP contribution is 2.42. The summed E-state index contributed by atoms with van der Waals surface area (Å²) in [5.41, 5.74) is 10.9. The molecule has 0 aliphatic heterocycles. The van der Waals surface area contributed by atoms with Gasteiger partial charge < -0.3 is 4.57 Å². The first-order valence-corrected chi connectivity index (χ1v) is 16.1. The summed E-state index contributed by atoms with van der Waals surface area (Å²) in [5, 5.41) is 5.00. The molecule has 0 saturated heterocycles. The van der Waals surface area contributed by atoms with Gasteiger partial charge in [-0.15, -0.1) is 0 Å². The zero-order valence-corrected chi connectivity index (χ0v) is 25.7. The summed E-state index contributed by atoms with van der Waals surface area (Å²) in [6.45, 7) is 4.00. The third-order valence-electron chi connectivity index (χ3n) is 9.03. The number of allylic oxidation sites excluding steroid dienone is 1. The molecular weight excluding hydrogens is 546 g/mol. The van der Waals surface area contributed by atoms with Gasteiger partial charge in [0.05, 0.1) is 27.8 Å². The molecule has 218 valence electrons. The highest BCUT2D eigenvalue weighted by molar-refractivity contribution is 6.26. The van der Waals surface area contributed by atoms with E-state index in [4.69, 9.17) is 4.98 Å². The van der Waals surface area contributed by atoms with Crippen molar-refractivity contribution in [2.24, 2.45) is 0 Å². The minimum absolute atomic E-state index is 0.937. The van der Waals surface area contributed by atoms with Crippen LogP contribution in [-0.4, -0.2) is 14.1 Å². The van der Waals surface area contributed by atoms with Gasteiger partial charge in [0.25, 0.3) is 0 Å². The molecule has 0 radical (unpaired) electrons. The molecule has 3 nitrogen and oxygen atoms in total. The zero-order chi connectivity index (χ0) is 30.3. The molecule has 3 heterocycles. The molecule has 1 aliphatic rings. The van der Waals surface area contributed by atoms with E-state index in [-0.39, 0.29) is 0 Å². The maximum atomic E-state index is 5.36. The minimum atomic E-state index is 0.937. The number of benzene rings is 5. The van der Waals surface area contributed by atoms with Crippen LogP contribution in [0.2, 0.25) is 0 Å². The van der Waals surface area contributed by atoms with Crippen LogP contribution in [0.4, 0.5) is 0 Å². The summed E-state index contributed by atoms with van der Waals surface area (Å²) >= 11 is 0. The molecule has 8 aromatic rings. The zero-order valence-electron chi connectivity index (χ0n) is 25.7. The third kappa shape index (κ3) is 4.30. The Kier molecular flexibility index (Phi) is 6.80. The van der Waals surface area contributed by atoms with Crippen molar-refractivity contribution in [1.82, 2.24) is 14.1 Å². The van der Waals surface area contributed by atoms with Crippen molar-refractivity contribution in [3.8, 4) is 22.8 Å². The highest BCUT2D eigenvalue weighted by Gasteiger charge is 2.21. The molecule has 0 unspecified atom stereocenters. The molecule has 0 atom stereocenters. The molecule has 0 bridgehead atoms. The Morgan fingerprint density at radius 2 is 1.31 bits per heavy atom. The van der Waals surface area contributed by atoms with Gasteiger partial charge in [-0.2, -0.15) is 0 Å². The van der Waals surface area contributed by atoms with Crippen LogP contribution in [0.15, 0.2) is 133 Å². The van der Waals surface area contributed by atoms with Crippen LogP contribution in [0.25, 0.3) is 72.5 Å². The Morgan fingerprint density at radius 1 is 0.578 bits per heavy atom. The van der Waals surface area contributed by atoms with Crippen molar-refractivity contribution < 1.29 is 0 Å². The van der Waals surface area contributed by atoms with Crippen LogP contribution < -0.4 is 0 Å². The first kappa shape index (κ1) is 27.2. The van der Waals surface area contributed by atoms with Crippen LogP contribution >= 0.6 is 0 Å². The Labute approximate surface area is 263 Å². The molecule has 0 N–H and O–H groups in total. The minimum Gasteiger partial charge on any atom is -0.309 e. The topological polar surface area (TPSA) is 22.8 Å². The number of hydrogen-bond donors (Lipinski definition) is 0. The van der Waals surface area contributed by atoms with E-state index in [1.165, 1.54) is 55.7 Å². The maximum Gasteiger partial charge on any atom is 0.138 e. The third-order valence-corrected chi connectivity index (χ3v) is 9.03. The van der Waals surface area contributed by atoms with Gasteiger partial charge in [-0.3, -0.25) is 4.57 Å². The van der Waals surface area contributed by atoms with E-state index in [2.05, 4.69) is 149 Å². The molecule has 45 heavy (non-hydrogen) atoms. The SMILES string of the molecule is C1=Cc2cccc(-c3cccc(-n4c5ccccc5c5c4ccc4c6ccccc6n(-c6ccccc6)c45)n3)c2CCC1.CC. The normalized spacial score (nSPS) is 12.8. The Bertz CT molecular complexity index is 2370. The van der Waals surface area contributed by atoms with Crippen LogP contribution in [0.3, 0.4) is 0 Å². The predicted octanol–water partition coefficient (Wildman–Crippen LogP) is 11.3. The van der Waals surface area contributed by atoms with Gasteiger partial charge in [-0.05, 0) is 72.9 Å². The van der Waals surface area contributed by atoms with Gasteiger partial charge in [-0.25, -0.2) is 4.98 Å². The Balaban J connectivity index is 0.00000147. The van der Waals surface area contributed by atoms with E-state index < -0.39 is 0 Å². The number of fused-ring (bicyclic) bond motifs is 8. The van der Waals surface area contributed by atoms with Gasteiger partial charge in [0.15, 0.2) is 0 Å². The van der Waals surface area contributed by atoms with Crippen molar-refractivity contribution in [3.63, 3.8) is 0 Å². The van der Waals surface area contributed by atoms with Crippen molar-refractivity contribution in [1.29, 1.82) is 0 Å². The highest BCUT2D eigenvalue weighted by atomic mass is 15.1. The van der Waals surface area contributed by atoms with Gasteiger partial charge in [0, 0.05) is 32.8 Å². The van der Waals surface area contributed by atoms with Crippen molar-refractivity contribution in [2.75, 3.05) is 0 Å². The Morgan fingerprint density at radius 3 is 2.16 bits per heavy atom. The molecule has 0 spiro atoms. The predicted molar refractivity (Wildman–Crippen MR) is 192 cm³/mol.